The fraction of sp³-hybridized carbons (Fsp3) is 0.294. The molecule has 11 heteroatoms. The van der Waals surface area contributed by atoms with Crippen LogP contribution in [0.2, 0.25) is 0 Å². The predicted molar refractivity (Wildman–Crippen MR) is 98.2 cm³/mol. The first-order valence-corrected chi connectivity index (χ1v) is 9.14. The molecule has 0 fully saturated rings. The Balaban J connectivity index is 2.12. The van der Waals surface area contributed by atoms with Crippen molar-refractivity contribution in [1.82, 2.24) is 5.32 Å². The Hall–Kier alpha value is -2.14. The molecule has 0 saturated heterocycles. The van der Waals surface area contributed by atoms with Crippen LogP contribution >= 0.6 is 23.6 Å². The number of thiophene rings is 1. The van der Waals surface area contributed by atoms with Crippen molar-refractivity contribution in [1.29, 1.82) is 0 Å². The molecule has 0 aliphatic carbocycles. The minimum absolute atomic E-state index is 0.00357. The largest absolute Gasteiger partial charge is 0.416 e. The fourth-order valence-corrected chi connectivity index (χ4v) is 3.27. The Morgan fingerprint density at radius 2 is 1.61 bits per heavy atom. The normalized spacial score (nSPS) is 12.0. The van der Waals surface area contributed by atoms with Gasteiger partial charge in [-0.05, 0) is 41.6 Å². The number of carbonyl (C=O) groups is 1. The first-order valence-electron chi connectivity index (χ1n) is 7.85. The summed E-state index contributed by atoms with van der Waals surface area (Å²) in [7, 11) is 0. The molecule has 1 amide bonds. The Morgan fingerprint density at radius 3 is 2.07 bits per heavy atom. The first-order chi connectivity index (χ1) is 12.9. The first kappa shape index (κ1) is 22.2. The molecule has 0 atom stereocenters. The maximum atomic E-state index is 12.9. The van der Waals surface area contributed by atoms with E-state index in [-0.39, 0.29) is 12.6 Å². The predicted octanol–water partition coefficient (Wildman–Crippen LogP) is 5.40. The van der Waals surface area contributed by atoms with Crippen molar-refractivity contribution in [2.24, 2.45) is 0 Å². The van der Waals surface area contributed by atoms with Gasteiger partial charge in [-0.3, -0.25) is 4.79 Å². The lowest BCUT2D eigenvalue weighted by molar-refractivity contribution is -0.143. The SMILES string of the molecule is CCc1csc(CNC(=O)C(=S)Nc2cc(C(F)(F)F)cc(C(F)(F)F)c2)c1. The number of halogens is 6. The zero-order valence-corrected chi connectivity index (χ0v) is 15.9. The molecule has 0 aliphatic rings. The van der Waals surface area contributed by atoms with Gasteiger partial charge in [0.05, 0.1) is 17.7 Å². The van der Waals surface area contributed by atoms with E-state index in [2.05, 4.69) is 10.6 Å². The summed E-state index contributed by atoms with van der Waals surface area (Å²) in [5.41, 5.74) is -2.50. The van der Waals surface area contributed by atoms with Crippen LogP contribution in [0.5, 0.6) is 0 Å². The van der Waals surface area contributed by atoms with Crippen LogP contribution in [0.15, 0.2) is 29.6 Å². The molecule has 0 aliphatic heterocycles. The van der Waals surface area contributed by atoms with E-state index in [1.165, 1.54) is 11.3 Å². The molecule has 0 unspecified atom stereocenters. The van der Waals surface area contributed by atoms with Gasteiger partial charge in [-0.1, -0.05) is 19.1 Å². The number of thiocarbonyl (C=S) groups is 1. The highest BCUT2D eigenvalue weighted by molar-refractivity contribution is 7.82. The Kier molecular flexibility index (Phi) is 6.71. The van der Waals surface area contributed by atoms with Crippen molar-refractivity contribution in [3.63, 3.8) is 0 Å². The van der Waals surface area contributed by atoms with Crippen molar-refractivity contribution in [2.75, 3.05) is 5.32 Å². The summed E-state index contributed by atoms with van der Waals surface area (Å²) in [4.78, 5) is 12.3. The molecule has 1 aromatic carbocycles. The van der Waals surface area contributed by atoms with Crippen molar-refractivity contribution < 1.29 is 31.1 Å². The van der Waals surface area contributed by atoms with Crippen LogP contribution in [0, 0.1) is 0 Å². The highest BCUT2D eigenvalue weighted by atomic mass is 32.1. The minimum Gasteiger partial charge on any atom is -0.345 e. The maximum absolute atomic E-state index is 12.9. The third-order valence-electron chi connectivity index (χ3n) is 3.59. The van der Waals surface area contributed by atoms with E-state index < -0.39 is 40.1 Å². The van der Waals surface area contributed by atoms with E-state index in [4.69, 9.17) is 12.2 Å². The summed E-state index contributed by atoms with van der Waals surface area (Å²) in [6.45, 7) is 2.11. The Morgan fingerprint density at radius 1 is 1.04 bits per heavy atom. The number of nitrogens with one attached hydrogen (secondary N) is 2. The van der Waals surface area contributed by atoms with E-state index in [0.29, 0.717) is 12.1 Å². The lowest BCUT2D eigenvalue weighted by Gasteiger charge is -2.15. The lowest BCUT2D eigenvalue weighted by Crippen LogP contribution is -2.33. The zero-order valence-electron chi connectivity index (χ0n) is 14.3. The van der Waals surface area contributed by atoms with Gasteiger partial charge in [-0.15, -0.1) is 11.3 Å². The standard InChI is InChI=1S/C17H14F6N2OS2/c1-2-9-3-13(28-8-9)7-24-14(26)15(27)25-12-5-10(16(18,19)20)4-11(6-12)17(21,22)23/h3-6,8H,2,7H2,1H3,(H,24,26)(H,25,27). The van der Waals surface area contributed by atoms with Crippen LogP contribution in [-0.2, 0) is 30.1 Å². The number of anilines is 1. The van der Waals surface area contributed by atoms with Crippen molar-refractivity contribution in [3.8, 4) is 0 Å². The monoisotopic (exact) mass is 440 g/mol. The van der Waals surface area contributed by atoms with Gasteiger partial charge in [0, 0.05) is 10.6 Å². The van der Waals surface area contributed by atoms with Crippen LogP contribution in [0.1, 0.15) is 28.5 Å². The number of benzene rings is 1. The third kappa shape index (κ3) is 5.93. The topological polar surface area (TPSA) is 41.1 Å². The average Bonchev–Trinajstić information content (AvgIpc) is 3.06. The highest BCUT2D eigenvalue weighted by Crippen LogP contribution is 2.37. The molecule has 0 bridgehead atoms. The molecule has 0 saturated carbocycles. The molecule has 0 radical (unpaired) electrons. The quantitative estimate of drug-likeness (QED) is 0.494. The number of aryl methyl sites for hydroxylation is 1. The fourth-order valence-electron chi connectivity index (χ4n) is 2.17. The van der Waals surface area contributed by atoms with Crippen LogP contribution in [0.25, 0.3) is 0 Å². The van der Waals surface area contributed by atoms with Crippen LogP contribution in [0.4, 0.5) is 32.0 Å². The van der Waals surface area contributed by atoms with E-state index in [0.717, 1.165) is 16.9 Å². The summed E-state index contributed by atoms with van der Waals surface area (Å²) >= 11 is 6.21. The van der Waals surface area contributed by atoms with Crippen molar-refractivity contribution >= 4 is 40.1 Å². The van der Waals surface area contributed by atoms with Gasteiger partial charge in [0.25, 0.3) is 5.91 Å². The second-order valence-corrected chi connectivity index (χ2v) is 7.11. The molecule has 2 aromatic rings. The second kappa shape index (κ2) is 8.48. The van der Waals surface area contributed by atoms with Gasteiger partial charge >= 0.3 is 12.4 Å². The summed E-state index contributed by atoms with van der Waals surface area (Å²) in [5.74, 6) is -0.813. The number of amides is 1. The molecule has 3 nitrogen and oxygen atoms in total. The summed E-state index contributed by atoms with van der Waals surface area (Å²) in [6.07, 6.45) is -9.16. The van der Waals surface area contributed by atoms with Crippen LogP contribution in [-0.4, -0.2) is 10.9 Å². The molecule has 152 valence electrons. The number of carbonyl (C=O) groups excluding carboxylic acids is 1. The Labute approximate surface area is 165 Å². The molecule has 0 spiro atoms. The molecule has 1 heterocycles. The average molecular weight is 440 g/mol. The molecule has 28 heavy (non-hydrogen) atoms. The highest BCUT2D eigenvalue weighted by Gasteiger charge is 2.37. The zero-order chi connectivity index (χ0) is 21.1. The van der Waals surface area contributed by atoms with Gasteiger partial charge in [0.2, 0.25) is 0 Å². The number of hydrogen-bond donors (Lipinski definition) is 2. The minimum atomic E-state index is -4.99. The van der Waals surface area contributed by atoms with Gasteiger partial charge in [-0.25, -0.2) is 0 Å². The second-order valence-electron chi connectivity index (χ2n) is 5.71. The number of hydrogen-bond acceptors (Lipinski definition) is 3. The molecular formula is C17H14F6N2OS2. The van der Waals surface area contributed by atoms with Gasteiger partial charge < -0.3 is 10.6 Å². The number of alkyl halides is 6. The van der Waals surface area contributed by atoms with E-state index in [1.54, 1.807) is 0 Å². The third-order valence-corrected chi connectivity index (χ3v) is 4.86. The smallest absolute Gasteiger partial charge is 0.345 e. The van der Waals surface area contributed by atoms with Crippen molar-refractivity contribution in [3.05, 3.63) is 51.2 Å². The number of rotatable bonds is 4. The van der Waals surface area contributed by atoms with E-state index in [1.807, 2.05) is 18.4 Å². The summed E-state index contributed by atoms with van der Waals surface area (Å²) in [5, 5.41) is 6.53. The van der Waals surface area contributed by atoms with E-state index in [9.17, 15) is 31.1 Å². The maximum Gasteiger partial charge on any atom is 0.416 e. The Bertz CT molecular complexity index is 841. The summed E-state index contributed by atoms with van der Waals surface area (Å²) in [6, 6.07) is 2.80. The molecular weight excluding hydrogens is 426 g/mol. The van der Waals surface area contributed by atoms with Gasteiger partial charge in [-0.2, -0.15) is 26.3 Å². The van der Waals surface area contributed by atoms with E-state index >= 15 is 0 Å². The van der Waals surface area contributed by atoms with Gasteiger partial charge in [0.1, 0.15) is 0 Å². The lowest BCUT2D eigenvalue weighted by atomic mass is 10.1. The van der Waals surface area contributed by atoms with Gasteiger partial charge in [0.15, 0.2) is 4.99 Å². The summed E-state index contributed by atoms with van der Waals surface area (Å²) < 4.78 is 77.2. The molecule has 2 N–H and O–H groups in total. The van der Waals surface area contributed by atoms with Crippen LogP contribution < -0.4 is 10.6 Å². The molecule has 2 rings (SSSR count). The molecule has 1 aromatic heterocycles. The van der Waals surface area contributed by atoms with Crippen LogP contribution in [0.3, 0.4) is 0 Å². The van der Waals surface area contributed by atoms with Crippen molar-refractivity contribution in [2.45, 2.75) is 32.2 Å².